The molecule has 0 fully saturated rings. The van der Waals surface area contributed by atoms with Gasteiger partial charge in [0.25, 0.3) is 5.91 Å². The zero-order chi connectivity index (χ0) is 16.4. The molecule has 5 nitrogen and oxygen atoms in total. The molecular weight excluding hydrogens is 292 g/mol. The standard InChI is InChI=1S/C18H20N2O3/c1-18(2)17(21)20(10-11-22-14-6-4-3-5-7-14)15-9-8-13(19)12-16(15)23-18/h3-9,12H,10-11,19H2,1-2H3. The summed E-state index contributed by atoms with van der Waals surface area (Å²) in [4.78, 5) is 14.3. The smallest absolute Gasteiger partial charge is 0.270 e. The van der Waals surface area contributed by atoms with Gasteiger partial charge < -0.3 is 20.1 Å². The van der Waals surface area contributed by atoms with Crippen LogP contribution in [0.4, 0.5) is 11.4 Å². The minimum Gasteiger partial charge on any atom is -0.492 e. The number of nitrogens with two attached hydrogens (primary N) is 1. The van der Waals surface area contributed by atoms with Gasteiger partial charge in [-0.15, -0.1) is 0 Å². The highest BCUT2D eigenvalue weighted by Gasteiger charge is 2.40. The predicted molar refractivity (Wildman–Crippen MR) is 89.9 cm³/mol. The summed E-state index contributed by atoms with van der Waals surface area (Å²) in [5.74, 6) is 1.31. The second kappa shape index (κ2) is 5.83. The van der Waals surface area contributed by atoms with E-state index in [1.54, 1.807) is 36.9 Å². The highest BCUT2D eigenvalue weighted by Crippen LogP contribution is 2.38. The maximum Gasteiger partial charge on any atom is 0.270 e. The SMILES string of the molecule is CC1(C)Oc2cc(N)ccc2N(CCOc2ccccc2)C1=O. The van der Waals surface area contributed by atoms with Gasteiger partial charge in [0.2, 0.25) is 0 Å². The fourth-order valence-electron chi connectivity index (χ4n) is 2.58. The second-order valence-corrected chi connectivity index (χ2v) is 5.96. The van der Waals surface area contributed by atoms with Crippen LogP contribution in [-0.2, 0) is 4.79 Å². The molecule has 120 valence electrons. The minimum absolute atomic E-state index is 0.0913. The normalized spacial score (nSPS) is 15.7. The number of para-hydroxylation sites is 1. The summed E-state index contributed by atoms with van der Waals surface area (Å²) >= 11 is 0. The van der Waals surface area contributed by atoms with Crippen LogP contribution in [0.2, 0.25) is 0 Å². The topological polar surface area (TPSA) is 64.8 Å². The number of carbonyl (C=O) groups excluding carboxylic acids is 1. The number of nitrogen functional groups attached to an aromatic ring is 1. The van der Waals surface area contributed by atoms with Crippen molar-refractivity contribution in [3.05, 3.63) is 48.5 Å². The molecule has 0 radical (unpaired) electrons. The number of fused-ring (bicyclic) bond motifs is 1. The first-order valence-electron chi connectivity index (χ1n) is 7.56. The zero-order valence-corrected chi connectivity index (χ0v) is 13.3. The van der Waals surface area contributed by atoms with Gasteiger partial charge in [0.1, 0.15) is 18.1 Å². The summed E-state index contributed by atoms with van der Waals surface area (Å²) in [7, 11) is 0. The summed E-state index contributed by atoms with van der Waals surface area (Å²) in [6.45, 7) is 4.35. The summed E-state index contributed by atoms with van der Waals surface area (Å²) in [5.41, 5.74) is 6.22. The van der Waals surface area contributed by atoms with Crippen LogP contribution in [-0.4, -0.2) is 24.7 Å². The van der Waals surface area contributed by atoms with E-state index in [1.807, 2.05) is 30.3 Å². The number of hydrogen-bond acceptors (Lipinski definition) is 4. The molecule has 3 rings (SSSR count). The summed E-state index contributed by atoms with van der Waals surface area (Å²) in [6.07, 6.45) is 0. The van der Waals surface area contributed by atoms with E-state index in [1.165, 1.54) is 0 Å². The molecule has 2 aromatic carbocycles. The van der Waals surface area contributed by atoms with Crippen molar-refractivity contribution in [2.75, 3.05) is 23.8 Å². The predicted octanol–water partition coefficient (Wildman–Crippen LogP) is 2.85. The lowest BCUT2D eigenvalue weighted by Crippen LogP contribution is -2.53. The molecule has 5 heteroatoms. The number of carbonyl (C=O) groups is 1. The molecule has 0 spiro atoms. The van der Waals surface area contributed by atoms with Crippen LogP contribution < -0.4 is 20.1 Å². The number of amides is 1. The van der Waals surface area contributed by atoms with Gasteiger partial charge in [-0.1, -0.05) is 18.2 Å². The third-order valence-electron chi connectivity index (χ3n) is 3.73. The van der Waals surface area contributed by atoms with Crippen molar-refractivity contribution >= 4 is 17.3 Å². The molecule has 2 N–H and O–H groups in total. The second-order valence-electron chi connectivity index (χ2n) is 5.96. The molecule has 0 aromatic heterocycles. The van der Waals surface area contributed by atoms with Crippen LogP contribution in [0.15, 0.2) is 48.5 Å². The zero-order valence-electron chi connectivity index (χ0n) is 13.3. The number of rotatable bonds is 4. The van der Waals surface area contributed by atoms with Crippen LogP contribution >= 0.6 is 0 Å². The number of ether oxygens (including phenoxy) is 2. The van der Waals surface area contributed by atoms with E-state index < -0.39 is 5.60 Å². The first kappa shape index (κ1) is 15.2. The highest BCUT2D eigenvalue weighted by molar-refractivity contribution is 6.02. The first-order chi connectivity index (χ1) is 11.0. The van der Waals surface area contributed by atoms with Gasteiger partial charge in [-0.25, -0.2) is 0 Å². The summed E-state index contributed by atoms with van der Waals surface area (Å²) in [6, 6.07) is 14.8. The molecule has 0 bridgehead atoms. The first-order valence-corrected chi connectivity index (χ1v) is 7.56. The molecule has 0 aliphatic carbocycles. The molecular formula is C18H20N2O3. The summed E-state index contributed by atoms with van der Waals surface area (Å²) in [5, 5.41) is 0. The van der Waals surface area contributed by atoms with Crippen molar-refractivity contribution in [3.63, 3.8) is 0 Å². The molecule has 1 heterocycles. The molecule has 1 amide bonds. The Morgan fingerprint density at radius 1 is 1.17 bits per heavy atom. The Bertz CT molecular complexity index is 713. The average molecular weight is 312 g/mol. The van der Waals surface area contributed by atoms with E-state index >= 15 is 0 Å². The Morgan fingerprint density at radius 2 is 1.91 bits per heavy atom. The number of nitrogens with zero attached hydrogens (tertiary/aromatic N) is 1. The van der Waals surface area contributed by atoms with Gasteiger partial charge in [-0.05, 0) is 38.1 Å². The van der Waals surface area contributed by atoms with Crippen molar-refractivity contribution in [1.82, 2.24) is 0 Å². The van der Waals surface area contributed by atoms with E-state index in [9.17, 15) is 4.79 Å². The van der Waals surface area contributed by atoms with Crippen molar-refractivity contribution in [3.8, 4) is 11.5 Å². The van der Waals surface area contributed by atoms with Crippen molar-refractivity contribution in [2.24, 2.45) is 0 Å². The van der Waals surface area contributed by atoms with Crippen LogP contribution in [0.5, 0.6) is 11.5 Å². The Balaban J connectivity index is 1.78. The Hall–Kier alpha value is -2.69. The molecule has 0 saturated carbocycles. The van der Waals surface area contributed by atoms with Crippen molar-refractivity contribution in [2.45, 2.75) is 19.4 Å². The van der Waals surface area contributed by atoms with Crippen molar-refractivity contribution in [1.29, 1.82) is 0 Å². The van der Waals surface area contributed by atoms with Crippen LogP contribution in [0.25, 0.3) is 0 Å². The quantitative estimate of drug-likeness (QED) is 0.882. The lowest BCUT2D eigenvalue weighted by molar-refractivity contribution is -0.132. The highest BCUT2D eigenvalue weighted by atomic mass is 16.5. The van der Waals surface area contributed by atoms with E-state index in [0.29, 0.717) is 24.6 Å². The van der Waals surface area contributed by atoms with E-state index in [2.05, 4.69) is 0 Å². The molecule has 1 aliphatic heterocycles. The van der Waals surface area contributed by atoms with Gasteiger partial charge >= 0.3 is 0 Å². The van der Waals surface area contributed by atoms with Gasteiger partial charge in [-0.2, -0.15) is 0 Å². The average Bonchev–Trinajstić information content (AvgIpc) is 2.52. The fraction of sp³-hybridized carbons (Fsp3) is 0.278. The van der Waals surface area contributed by atoms with Gasteiger partial charge in [0.05, 0.1) is 12.2 Å². The molecule has 23 heavy (non-hydrogen) atoms. The Kier molecular flexibility index (Phi) is 3.86. The van der Waals surface area contributed by atoms with Crippen LogP contribution in [0.3, 0.4) is 0 Å². The molecule has 1 aliphatic rings. The maximum absolute atomic E-state index is 12.7. The minimum atomic E-state index is -0.923. The lowest BCUT2D eigenvalue weighted by Gasteiger charge is -2.38. The molecule has 0 atom stereocenters. The van der Waals surface area contributed by atoms with Gasteiger partial charge in [0.15, 0.2) is 5.60 Å². The van der Waals surface area contributed by atoms with E-state index in [4.69, 9.17) is 15.2 Å². The fourth-order valence-corrected chi connectivity index (χ4v) is 2.58. The van der Waals surface area contributed by atoms with Crippen molar-refractivity contribution < 1.29 is 14.3 Å². The monoisotopic (exact) mass is 312 g/mol. The van der Waals surface area contributed by atoms with E-state index in [-0.39, 0.29) is 5.91 Å². The summed E-state index contributed by atoms with van der Waals surface area (Å²) < 4.78 is 11.5. The van der Waals surface area contributed by atoms with Gasteiger partial charge in [-0.3, -0.25) is 4.79 Å². The van der Waals surface area contributed by atoms with Crippen LogP contribution in [0, 0.1) is 0 Å². The number of anilines is 2. The molecule has 0 saturated heterocycles. The molecule has 2 aromatic rings. The van der Waals surface area contributed by atoms with E-state index in [0.717, 1.165) is 11.4 Å². The molecule has 0 unspecified atom stereocenters. The maximum atomic E-state index is 12.7. The lowest BCUT2D eigenvalue weighted by atomic mass is 10.0. The number of hydrogen-bond donors (Lipinski definition) is 1. The Labute approximate surface area is 135 Å². The number of benzene rings is 2. The van der Waals surface area contributed by atoms with Crippen LogP contribution in [0.1, 0.15) is 13.8 Å². The third-order valence-corrected chi connectivity index (χ3v) is 3.73. The third kappa shape index (κ3) is 3.08. The Morgan fingerprint density at radius 3 is 2.65 bits per heavy atom. The van der Waals surface area contributed by atoms with Gasteiger partial charge in [0, 0.05) is 11.8 Å². The largest absolute Gasteiger partial charge is 0.492 e.